The van der Waals surface area contributed by atoms with Gasteiger partial charge < -0.3 is 10.8 Å². The maximum absolute atomic E-state index is 10.5. The minimum Gasteiger partial charge on any atom is -0.506 e. The number of phenolic OH excluding ortho intramolecular Hbond substituents is 1. The number of primary amides is 1. The number of rotatable bonds is 2. The van der Waals surface area contributed by atoms with Crippen molar-refractivity contribution in [3.63, 3.8) is 0 Å². The summed E-state index contributed by atoms with van der Waals surface area (Å²) in [6.45, 7) is 0. The van der Waals surface area contributed by atoms with Crippen LogP contribution in [0.2, 0.25) is 0 Å². The van der Waals surface area contributed by atoms with Crippen LogP contribution in [-0.2, 0) is 4.79 Å². The van der Waals surface area contributed by atoms with Gasteiger partial charge in [-0.15, -0.1) is 0 Å². The Morgan fingerprint density at radius 3 is 2.29 bits per heavy atom. The number of aromatic hydroxyl groups is 1. The Balaban J connectivity index is 3.07. The van der Waals surface area contributed by atoms with Crippen molar-refractivity contribution in [1.29, 1.82) is 0 Å². The SMILES string of the molecule is NC(=O)/C=C\c1cc(I)c(O)c(I)c1. The van der Waals surface area contributed by atoms with Crippen LogP contribution in [0.3, 0.4) is 0 Å². The van der Waals surface area contributed by atoms with Crippen molar-refractivity contribution in [2.75, 3.05) is 0 Å². The summed E-state index contributed by atoms with van der Waals surface area (Å²) in [6.07, 6.45) is 2.91. The lowest BCUT2D eigenvalue weighted by molar-refractivity contribution is -0.113. The molecular formula is C9H7I2NO2. The molecule has 14 heavy (non-hydrogen) atoms. The standard InChI is InChI=1S/C9H7I2NO2/c10-6-3-5(1-2-8(12)13)4-7(11)9(6)14/h1-4,14H,(H2,12,13)/b2-1-. The molecule has 0 aromatic heterocycles. The zero-order valence-electron chi connectivity index (χ0n) is 7.00. The minimum absolute atomic E-state index is 0.266. The monoisotopic (exact) mass is 415 g/mol. The number of hydrogen-bond donors (Lipinski definition) is 2. The first kappa shape index (κ1) is 11.8. The molecule has 0 aliphatic carbocycles. The Bertz CT molecular complexity index is 379. The summed E-state index contributed by atoms with van der Waals surface area (Å²) in [5.41, 5.74) is 5.81. The van der Waals surface area contributed by atoms with Crippen LogP contribution >= 0.6 is 45.2 Å². The second-order valence-electron chi connectivity index (χ2n) is 2.57. The Labute approximate surface area is 109 Å². The molecular weight excluding hydrogens is 408 g/mol. The first-order valence-corrected chi connectivity index (χ1v) is 5.82. The molecule has 0 bridgehead atoms. The van der Waals surface area contributed by atoms with Crippen LogP contribution < -0.4 is 5.73 Å². The van der Waals surface area contributed by atoms with Crippen molar-refractivity contribution in [2.45, 2.75) is 0 Å². The first-order chi connectivity index (χ1) is 6.50. The number of phenols is 1. The molecule has 74 valence electrons. The van der Waals surface area contributed by atoms with Gasteiger partial charge in [0.25, 0.3) is 0 Å². The van der Waals surface area contributed by atoms with E-state index in [1.54, 1.807) is 18.2 Å². The molecule has 5 heteroatoms. The molecule has 3 N–H and O–H groups in total. The van der Waals surface area contributed by atoms with E-state index in [9.17, 15) is 9.90 Å². The predicted octanol–water partition coefficient (Wildman–Crippen LogP) is 2.10. The number of amides is 1. The summed E-state index contributed by atoms with van der Waals surface area (Å²) in [7, 11) is 0. The molecule has 0 aliphatic heterocycles. The smallest absolute Gasteiger partial charge is 0.241 e. The largest absolute Gasteiger partial charge is 0.506 e. The molecule has 0 atom stereocenters. The van der Waals surface area contributed by atoms with Crippen LogP contribution in [-0.4, -0.2) is 11.0 Å². The van der Waals surface area contributed by atoms with Gasteiger partial charge in [-0.3, -0.25) is 4.79 Å². The van der Waals surface area contributed by atoms with Crippen LogP contribution in [0, 0.1) is 7.14 Å². The molecule has 1 amide bonds. The van der Waals surface area contributed by atoms with Gasteiger partial charge in [-0.05, 0) is 69.0 Å². The molecule has 3 nitrogen and oxygen atoms in total. The highest BCUT2D eigenvalue weighted by atomic mass is 127. The van der Waals surface area contributed by atoms with E-state index in [2.05, 4.69) is 0 Å². The number of nitrogens with two attached hydrogens (primary N) is 1. The quantitative estimate of drug-likeness (QED) is 0.575. The van der Waals surface area contributed by atoms with E-state index in [0.717, 1.165) is 12.7 Å². The van der Waals surface area contributed by atoms with E-state index in [1.165, 1.54) is 6.08 Å². The molecule has 0 fully saturated rings. The van der Waals surface area contributed by atoms with Crippen LogP contribution in [0.15, 0.2) is 18.2 Å². The summed E-state index contributed by atoms with van der Waals surface area (Å²) >= 11 is 4.06. The molecule has 0 saturated heterocycles. The number of carbonyl (C=O) groups excluding carboxylic acids is 1. The topological polar surface area (TPSA) is 63.3 Å². The highest BCUT2D eigenvalue weighted by Gasteiger charge is 2.03. The lowest BCUT2D eigenvalue weighted by Crippen LogP contribution is -2.05. The molecule has 0 unspecified atom stereocenters. The maximum Gasteiger partial charge on any atom is 0.241 e. The zero-order valence-corrected chi connectivity index (χ0v) is 11.3. The minimum atomic E-state index is -0.483. The molecule has 0 saturated carbocycles. The van der Waals surface area contributed by atoms with Crippen molar-refractivity contribution in [2.24, 2.45) is 5.73 Å². The fraction of sp³-hybridized carbons (Fsp3) is 0. The lowest BCUT2D eigenvalue weighted by atomic mass is 10.2. The lowest BCUT2D eigenvalue weighted by Gasteiger charge is -2.01. The van der Waals surface area contributed by atoms with Crippen LogP contribution in [0.4, 0.5) is 0 Å². The van der Waals surface area contributed by atoms with Gasteiger partial charge >= 0.3 is 0 Å². The van der Waals surface area contributed by atoms with Crippen LogP contribution in [0.5, 0.6) is 5.75 Å². The summed E-state index contributed by atoms with van der Waals surface area (Å²) in [5, 5.41) is 9.48. The van der Waals surface area contributed by atoms with Crippen LogP contribution in [0.25, 0.3) is 6.08 Å². The zero-order chi connectivity index (χ0) is 10.7. The van der Waals surface area contributed by atoms with E-state index in [4.69, 9.17) is 5.73 Å². The fourth-order valence-electron chi connectivity index (χ4n) is 0.860. The summed E-state index contributed by atoms with van der Waals surface area (Å²) in [4.78, 5) is 10.5. The van der Waals surface area contributed by atoms with E-state index >= 15 is 0 Å². The van der Waals surface area contributed by atoms with Gasteiger partial charge in [0.15, 0.2) is 0 Å². The summed E-state index contributed by atoms with van der Waals surface area (Å²) in [6, 6.07) is 3.55. The average molecular weight is 415 g/mol. The normalized spacial score (nSPS) is 10.7. The Morgan fingerprint density at radius 2 is 1.86 bits per heavy atom. The molecule has 0 spiro atoms. The maximum atomic E-state index is 10.5. The van der Waals surface area contributed by atoms with Crippen molar-refractivity contribution < 1.29 is 9.90 Å². The van der Waals surface area contributed by atoms with E-state index < -0.39 is 5.91 Å². The Morgan fingerprint density at radius 1 is 1.36 bits per heavy atom. The molecule has 0 aliphatic rings. The van der Waals surface area contributed by atoms with Gasteiger partial charge in [-0.25, -0.2) is 0 Å². The summed E-state index contributed by atoms with van der Waals surface area (Å²) < 4.78 is 1.50. The highest BCUT2D eigenvalue weighted by Crippen LogP contribution is 2.27. The van der Waals surface area contributed by atoms with E-state index in [0.29, 0.717) is 0 Å². The van der Waals surface area contributed by atoms with Crippen molar-refractivity contribution in [3.8, 4) is 5.75 Å². The van der Waals surface area contributed by atoms with E-state index in [1.807, 2.05) is 45.2 Å². The van der Waals surface area contributed by atoms with Gasteiger partial charge in [0.05, 0.1) is 7.14 Å². The van der Waals surface area contributed by atoms with Gasteiger partial charge in [-0.1, -0.05) is 0 Å². The van der Waals surface area contributed by atoms with Gasteiger partial charge in [-0.2, -0.15) is 0 Å². The van der Waals surface area contributed by atoms with Gasteiger partial charge in [0, 0.05) is 6.08 Å². The molecule has 1 aromatic carbocycles. The fourth-order valence-corrected chi connectivity index (χ4v) is 2.68. The van der Waals surface area contributed by atoms with Crippen LogP contribution in [0.1, 0.15) is 5.56 Å². The molecule has 0 radical (unpaired) electrons. The number of carbonyl (C=O) groups is 1. The average Bonchev–Trinajstić information content (AvgIpc) is 2.10. The second-order valence-corrected chi connectivity index (χ2v) is 4.89. The molecule has 1 rings (SSSR count). The van der Waals surface area contributed by atoms with Crippen molar-refractivity contribution in [1.82, 2.24) is 0 Å². The number of benzene rings is 1. The molecule has 1 aromatic rings. The number of hydrogen-bond acceptors (Lipinski definition) is 2. The van der Waals surface area contributed by atoms with Crippen molar-refractivity contribution in [3.05, 3.63) is 30.9 Å². The first-order valence-electron chi connectivity index (χ1n) is 3.66. The number of halogens is 2. The highest BCUT2D eigenvalue weighted by molar-refractivity contribution is 14.1. The molecule has 0 heterocycles. The van der Waals surface area contributed by atoms with Gasteiger partial charge in [0.1, 0.15) is 5.75 Å². The second kappa shape index (κ2) is 4.96. The summed E-state index contributed by atoms with van der Waals surface area (Å²) in [5.74, 6) is -0.217. The predicted molar refractivity (Wildman–Crippen MR) is 71.8 cm³/mol. The van der Waals surface area contributed by atoms with E-state index in [-0.39, 0.29) is 5.75 Å². The van der Waals surface area contributed by atoms with Crippen molar-refractivity contribution >= 4 is 57.2 Å². The Hall–Kier alpha value is -0.310. The third-order valence-electron chi connectivity index (χ3n) is 1.48. The third kappa shape index (κ3) is 3.12. The van der Waals surface area contributed by atoms with Gasteiger partial charge in [0.2, 0.25) is 5.91 Å². The third-order valence-corrected chi connectivity index (χ3v) is 3.12. The Kier molecular flexibility index (Phi) is 4.17.